The summed E-state index contributed by atoms with van der Waals surface area (Å²) in [6.07, 6.45) is 1.03. The third-order valence-electron chi connectivity index (χ3n) is 5.56. The Balaban J connectivity index is 1.66. The molecule has 1 amide bonds. The summed E-state index contributed by atoms with van der Waals surface area (Å²) in [6, 6.07) is 15.6. The molecule has 0 bridgehead atoms. The maximum atomic E-state index is 12.9. The van der Waals surface area contributed by atoms with E-state index >= 15 is 0 Å². The van der Waals surface area contributed by atoms with Gasteiger partial charge in [-0.3, -0.25) is 14.0 Å². The van der Waals surface area contributed by atoms with E-state index in [4.69, 9.17) is 0 Å². The smallest absolute Gasteiger partial charge is 0.243 e. The molecule has 11 heteroatoms. The van der Waals surface area contributed by atoms with Gasteiger partial charge in [0.15, 0.2) is 0 Å². The molecule has 0 saturated carbocycles. The fourth-order valence-electron chi connectivity index (χ4n) is 3.62. The predicted octanol–water partition coefficient (Wildman–Crippen LogP) is 1.05. The molecule has 0 N–H and O–H groups in total. The number of benzene rings is 2. The number of carbonyl (C=O) groups is 1. The quantitative estimate of drug-likeness (QED) is 0.544. The number of piperazine rings is 1. The van der Waals surface area contributed by atoms with Crippen molar-refractivity contribution in [3.8, 4) is 0 Å². The van der Waals surface area contributed by atoms with Gasteiger partial charge in [-0.15, -0.1) is 0 Å². The van der Waals surface area contributed by atoms with Gasteiger partial charge in [0.1, 0.15) is 6.54 Å². The van der Waals surface area contributed by atoms with Crippen LogP contribution in [0.5, 0.6) is 0 Å². The van der Waals surface area contributed by atoms with E-state index < -0.39 is 20.0 Å². The first-order valence-corrected chi connectivity index (χ1v) is 13.8. The Morgan fingerprint density at radius 2 is 1.45 bits per heavy atom. The number of amides is 1. The van der Waals surface area contributed by atoms with E-state index in [1.165, 1.54) is 43.9 Å². The van der Waals surface area contributed by atoms with Gasteiger partial charge in [-0.25, -0.2) is 21.1 Å². The molecule has 180 valence electrons. The van der Waals surface area contributed by atoms with Crippen molar-refractivity contribution in [2.45, 2.75) is 11.4 Å². The minimum absolute atomic E-state index is 0.0468. The fraction of sp³-hybridized carbons (Fsp3) is 0.409. The van der Waals surface area contributed by atoms with Crippen LogP contribution in [0.15, 0.2) is 59.5 Å². The molecule has 9 nitrogen and oxygen atoms in total. The van der Waals surface area contributed by atoms with Gasteiger partial charge >= 0.3 is 0 Å². The maximum Gasteiger partial charge on any atom is 0.243 e. The van der Waals surface area contributed by atoms with Crippen molar-refractivity contribution in [2.75, 3.05) is 57.4 Å². The number of nitrogens with zero attached hydrogens (tertiary/aromatic N) is 4. The highest BCUT2D eigenvalue weighted by atomic mass is 32.2. The molecule has 1 aliphatic rings. The van der Waals surface area contributed by atoms with Crippen molar-refractivity contribution < 1.29 is 21.6 Å². The van der Waals surface area contributed by atoms with Crippen LogP contribution in [0.2, 0.25) is 0 Å². The van der Waals surface area contributed by atoms with E-state index in [0.29, 0.717) is 26.2 Å². The summed E-state index contributed by atoms with van der Waals surface area (Å²) < 4.78 is 51.5. The minimum Gasteiger partial charge on any atom is -0.339 e. The molecule has 0 spiro atoms. The van der Waals surface area contributed by atoms with E-state index in [-0.39, 0.29) is 23.0 Å². The van der Waals surface area contributed by atoms with Gasteiger partial charge in [0.25, 0.3) is 0 Å². The summed E-state index contributed by atoms with van der Waals surface area (Å²) in [5, 5.41) is 0. The number of carbonyl (C=O) groups excluding carboxylic acids is 1. The van der Waals surface area contributed by atoms with E-state index in [9.17, 15) is 21.6 Å². The topological polar surface area (TPSA) is 98.3 Å². The first kappa shape index (κ1) is 25.2. The molecular formula is C22H30N4O5S2. The van der Waals surface area contributed by atoms with Gasteiger partial charge in [-0.1, -0.05) is 30.3 Å². The van der Waals surface area contributed by atoms with Crippen LogP contribution in [-0.4, -0.2) is 89.9 Å². The monoisotopic (exact) mass is 494 g/mol. The van der Waals surface area contributed by atoms with E-state index in [0.717, 1.165) is 21.4 Å². The van der Waals surface area contributed by atoms with Crippen LogP contribution in [0.4, 0.5) is 5.69 Å². The first-order chi connectivity index (χ1) is 15.5. The van der Waals surface area contributed by atoms with Crippen LogP contribution in [0.3, 0.4) is 0 Å². The average molecular weight is 495 g/mol. The largest absolute Gasteiger partial charge is 0.339 e. The number of anilines is 1. The van der Waals surface area contributed by atoms with Crippen molar-refractivity contribution in [3.05, 3.63) is 60.2 Å². The minimum atomic E-state index is -3.75. The lowest BCUT2D eigenvalue weighted by molar-refractivity contribution is -0.131. The number of hydrogen-bond donors (Lipinski definition) is 0. The molecule has 1 aliphatic heterocycles. The molecule has 2 aromatic carbocycles. The Hall–Kier alpha value is -2.47. The molecule has 0 aromatic heterocycles. The Morgan fingerprint density at radius 1 is 0.879 bits per heavy atom. The van der Waals surface area contributed by atoms with Gasteiger partial charge in [0.05, 0.1) is 16.8 Å². The SMILES string of the molecule is CN(C)S(=O)(=O)c1ccc(N(CC(=O)N2CCN(Cc3ccccc3)CC2)S(C)(=O)=O)cc1. The third-order valence-corrected chi connectivity index (χ3v) is 8.53. The molecule has 0 aliphatic carbocycles. The first-order valence-electron chi connectivity index (χ1n) is 10.5. The summed E-state index contributed by atoms with van der Waals surface area (Å²) in [6.45, 7) is 2.91. The number of sulfonamides is 2. The highest BCUT2D eigenvalue weighted by Crippen LogP contribution is 2.22. The van der Waals surface area contributed by atoms with Crippen LogP contribution < -0.4 is 4.31 Å². The van der Waals surface area contributed by atoms with Crippen LogP contribution >= 0.6 is 0 Å². The standard InChI is InChI=1S/C22H30N4O5S2/c1-23(2)33(30,31)21-11-9-20(10-12-21)26(32(3,28)29)18-22(27)25-15-13-24(14-16-25)17-19-7-5-4-6-8-19/h4-12H,13-18H2,1-3H3. The lowest BCUT2D eigenvalue weighted by Crippen LogP contribution is -2.51. The van der Waals surface area contributed by atoms with Gasteiger partial charge in [0.2, 0.25) is 26.0 Å². The third kappa shape index (κ3) is 6.32. The van der Waals surface area contributed by atoms with Crippen molar-refractivity contribution >= 4 is 31.6 Å². The summed E-state index contributed by atoms with van der Waals surface area (Å²) in [5.74, 6) is -0.287. The molecule has 3 rings (SSSR count). The van der Waals surface area contributed by atoms with E-state index in [1.54, 1.807) is 4.90 Å². The molecule has 0 unspecified atom stereocenters. The van der Waals surface area contributed by atoms with Gasteiger partial charge in [-0.05, 0) is 29.8 Å². The van der Waals surface area contributed by atoms with Gasteiger partial charge in [0, 0.05) is 46.8 Å². The zero-order valence-electron chi connectivity index (χ0n) is 19.1. The zero-order chi connectivity index (χ0) is 24.2. The zero-order valence-corrected chi connectivity index (χ0v) is 20.7. The normalized spacial score (nSPS) is 15.6. The summed E-state index contributed by atoms with van der Waals surface area (Å²) in [5.41, 5.74) is 1.45. The Kier molecular flexibility index (Phi) is 7.78. The average Bonchev–Trinajstić information content (AvgIpc) is 2.78. The Morgan fingerprint density at radius 3 is 1.97 bits per heavy atom. The highest BCUT2D eigenvalue weighted by Gasteiger charge is 2.27. The van der Waals surface area contributed by atoms with Crippen molar-refractivity contribution in [1.29, 1.82) is 0 Å². The number of rotatable bonds is 8. The lowest BCUT2D eigenvalue weighted by atomic mass is 10.2. The van der Waals surface area contributed by atoms with Crippen LogP contribution in [0.1, 0.15) is 5.56 Å². The second kappa shape index (κ2) is 10.2. The van der Waals surface area contributed by atoms with Gasteiger partial charge in [-0.2, -0.15) is 0 Å². The van der Waals surface area contributed by atoms with Crippen LogP contribution in [-0.2, 0) is 31.4 Å². The fourth-order valence-corrected chi connectivity index (χ4v) is 5.37. The molecule has 0 radical (unpaired) electrons. The van der Waals surface area contributed by atoms with Crippen LogP contribution in [0, 0.1) is 0 Å². The van der Waals surface area contributed by atoms with Crippen molar-refractivity contribution in [2.24, 2.45) is 0 Å². The van der Waals surface area contributed by atoms with Gasteiger partial charge < -0.3 is 4.90 Å². The van der Waals surface area contributed by atoms with Crippen molar-refractivity contribution in [1.82, 2.24) is 14.1 Å². The predicted molar refractivity (Wildman–Crippen MR) is 128 cm³/mol. The number of hydrogen-bond acceptors (Lipinski definition) is 6. The summed E-state index contributed by atoms with van der Waals surface area (Å²) >= 11 is 0. The van der Waals surface area contributed by atoms with Crippen molar-refractivity contribution in [3.63, 3.8) is 0 Å². The summed E-state index contributed by atoms with van der Waals surface area (Å²) in [7, 11) is -4.55. The molecule has 1 fully saturated rings. The molecular weight excluding hydrogens is 464 g/mol. The summed E-state index contributed by atoms with van der Waals surface area (Å²) in [4.78, 5) is 16.9. The second-order valence-corrected chi connectivity index (χ2v) is 12.3. The highest BCUT2D eigenvalue weighted by molar-refractivity contribution is 7.92. The second-order valence-electron chi connectivity index (χ2n) is 8.19. The van der Waals surface area contributed by atoms with E-state index in [1.807, 2.05) is 18.2 Å². The Bertz CT molecular complexity index is 1160. The molecule has 0 atom stereocenters. The van der Waals surface area contributed by atoms with Crippen LogP contribution in [0.25, 0.3) is 0 Å². The lowest BCUT2D eigenvalue weighted by Gasteiger charge is -2.35. The molecule has 2 aromatic rings. The maximum absolute atomic E-state index is 12.9. The Labute approximate surface area is 196 Å². The van der Waals surface area contributed by atoms with E-state index in [2.05, 4.69) is 17.0 Å². The molecule has 1 saturated heterocycles. The molecule has 1 heterocycles. The molecule has 33 heavy (non-hydrogen) atoms.